The van der Waals surface area contributed by atoms with E-state index >= 15 is 0 Å². The number of likely N-dealkylation sites (tertiary alicyclic amines) is 1. The van der Waals surface area contributed by atoms with E-state index in [0.717, 1.165) is 18.5 Å². The Balaban J connectivity index is 1.99. The molecule has 0 unspecified atom stereocenters. The lowest BCUT2D eigenvalue weighted by Gasteiger charge is -2.29. The van der Waals surface area contributed by atoms with E-state index in [4.69, 9.17) is 5.73 Å². The van der Waals surface area contributed by atoms with Crippen LogP contribution in [0.5, 0.6) is 0 Å². The van der Waals surface area contributed by atoms with E-state index in [1.165, 1.54) is 11.4 Å². The number of aryl methyl sites for hydroxylation is 1. The second-order valence-corrected chi connectivity index (χ2v) is 6.31. The SMILES string of the molecule is CCCn1c(C)cc(/C=C\C(=O)N2CCC(C(N)=O)CC2)c1C. The molecule has 1 fully saturated rings. The zero-order valence-corrected chi connectivity index (χ0v) is 14.3. The van der Waals surface area contributed by atoms with Gasteiger partial charge in [0, 0.05) is 43.0 Å². The maximum Gasteiger partial charge on any atom is 0.246 e. The number of primary amides is 1. The third-order valence-corrected chi connectivity index (χ3v) is 4.67. The predicted molar refractivity (Wildman–Crippen MR) is 91.7 cm³/mol. The van der Waals surface area contributed by atoms with Gasteiger partial charge < -0.3 is 15.2 Å². The van der Waals surface area contributed by atoms with Crippen LogP contribution >= 0.6 is 0 Å². The van der Waals surface area contributed by atoms with E-state index in [2.05, 4.69) is 31.4 Å². The smallest absolute Gasteiger partial charge is 0.246 e. The minimum atomic E-state index is -0.254. The van der Waals surface area contributed by atoms with Gasteiger partial charge >= 0.3 is 0 Å². The molecule has 0 atom stereocenters. The fourth-order valence-electron chi connectivity index (χ4n) is 3.22. The Hall–Kier alpha value is -2.04. The monoisotopic (exact) mass is 317 g/mol. The van der Waals surface area contributed by atoms with E-state index in [9.17, 15) is 9.59 Å². The molecular weight excluding hydrogens is 290 g/mol. The highest BCUT2D eigenvalue weighted by Crippen LogP contribution is 2.19. The Bertz CT molecular complexity index is 608. The van der Waals surface area contributed by atoms with Crippen LogP contribution in [0.15, 0.2) is 12.1 Å². The van der Waals surface area contributed by atoms with E-state index in [0.29, 0.717) is 25.9 Å². The van der Waals surface area contributed by atoms with Crippen molar-refractivity contribution in [3.8, 4) is 0 Å². The molecule has 1 aliphatic heterocycles. The van der Waals surface area contributed by atoms with Crippen LogP contribution < -0.4 is 5.73 Å². The van der Waals surface area contributed by atoms with Gasteiger partial charge in [0.2, 0.25) is 11.8 Å². The van der Waals surface area contributed by atoms with Crippen LogP contribution in [0.4, 0.5) is 0 Å². The summed E-state index contributed by atoms with van der Waals surface area (Å²) in [6.07, 6.45) is 5.97. The van der Waals surface area contributed by atoms with Crippen LogP contribution in [0.3, 0.4) is 0 Å². The maximum atomic E-state index is 12.3. The van der Waals surface area contributed by atoms with Crippen molar-refractivity contribution < 1.29 is 9.59 Å². The van der Waals surface area contributed by atoms with Gasteiger partial charge in [-0.3, -0.25) is 9.59 Å². The van der Waals surface area contributed by atoms with Gasteiger partial charge in [0.25, 0.3) is 0 Å². The fraction of sp³-hybridized carbons (Fsp3) is 0.556. The number of carbonyl (C=O) groups excluding carboxylic acids is 2. The molecule has 0 spiro atoms. The van der Waals surface area contributed by atoms with Crippen molar-refractivity contribution in [3.05, 3.63) is 29.1 Å². The molecule has 0 aliphatic carbocycles. The average molecular weight is 317 g/mol. The summed E-state index contributed by atoms with van der Waals surface area (Å²) < 4.78 is 2.28. The number of hydrogen-bond acceptors (Lipinski definition) is 2. The van der Waals surface area contributed by atoms with Crippen LogP contribution in [0, 0.1) is 19.8 Å². The summed E-state index contributed by atoms with van der Waals surface area (Å²) in [5, 5.41) is 0. The summed E-state index contributed by atoms with van der Waals surface area (Å²) in [4.78, 5) is 25.3. The fourth-order valence-corrected chi connectivity index (χ4v) is 3.22. The molecule has 2 N–H and O–H groups in total. The first-order valence-corrected chi connectivity index (χ1v) is 8.37. The van der Waals surface area contributed by atoms with Gasteiger partial charge in [-0.1, -0.05) is 6.92 Å². The minimum Gasteiger partial charge on any atom is -0.369 e. The molecule has 0 radical (unpaired) electrons. The van der Waals surface area contributed by atoms with E-state index < -0.39 is 0 Å². The molecule has 1 aromatic rings. The van der Waals surface area contributed by atoms with Crippen molar-refractivity contribution in [3.63, 3.8) is 0 Å². The average Bonchev–Trinajstić information content (AvgIpc) is 2.80. The standard InChI is InChI=1S/C18H27N3O2/c1-4-9-21-13(2)12-16(14(21)3)5-6-17(22)20-10-7-15(8-11-20)18(19)23/h5-6,12,15H,4,7-11H2,1-3H3,(H2,19,23)/b6-5-. The first-order valence-electron chi connectivity index (χ1n) is 8.37. The lowest BCUT2D eigenvalue weighted by molar-refractivity contribution is -0.130. The number of nitrogens with two attached hydrogens (primary N) is 1. The van der Waals surface area contributed by atoms with Crippen molar-refractivity contribution in [2.75, 3.05) is 13.1 Å². The van der Waals surface area contributed by atoms with Gasteiger partial charge in [0.15, 0.2) is 0 Å². The Morgan fingerprint density at radius 3 is 2.52 bits per heavy atom. The van der Waals surface area contributed by atoms with Gasteiger partial charge in [-0.05, 0) is 50.8 Å². The Morgan fingerprint density at radius 2 is 1.96 bits per heavy atom. The van der Waals surface area contributed by atoms with E-state index in [1.807, 2.05) is 6.08 Å². The van der Waals surface area contributed by atoms with Crippen LogP contribution in [0.2, 0.25) is 0 Å². The molecule has 2 rings (SSSR count). The molecule has 5 nitrogen and oxygen atoms in total. The molecular formula is C18H27N3O2. The van der Waals surface area contributed by atoms with Gasteiger partial charge in [-0.15, -0.1) is 0 Å². The molecule has 2 amide bonds. The molecule has 23 heavy (non-hydrogen) atoms. The zero-order valence-electron chi connectivity index (χ0n) is 14.3. The van der Waals surface area contributed by atoms with Crippen LogP contribution in [-0.4, -0.2) is 34.4 Å². The van der Waals surface area contributed by atoms with Crippen molar-refractivity contribution >= 4 is 17.9 Å². The number of hydrogen-bond donors (Lipinski definition) is 1. The van der Waals surface area contributed by atoms with Gasteiger partial charge in [-0.25, -0.2) is 0 Å². The third-order valence-electron chi connectivity index (χ3n) is 4.67. The number of piperidine rings is 1. The number of aromatic nitrogens is 1. The highest BCUT2D eigenvalue weighted by molar-refractivity contribution is 5.92. The summed E-state index contributed by atoms with van der Waals surface area (Å²) in [6, 6.07) is 2.12. The Morgan fingerprint density at radius 1 is 1.30 bits per heavy atom. The van der Waals surface area contributed by atoms with E-state index in [-0.39, 0.29) is 17.7 Å². The topological polar surface area (TPSA) is 68.3 Å². The number of amides is 2. The molecule has 2 heterocycles. The summed E-state index contributed by atoms with van der Waals surface area (Å²) in [5.74, 6) is -0.333. The number of nitrogens with zero attached hydrogens (tertiary/aromatic N) is 2. The summed E-state index contributed by atoms with van der Waals surface area (Å²) in [6.45, 7) is 8.55. The molecule has 5 heteroatoms. The second-order valence-electron chi connectivity index (χ2n) is 6.31. The molecule has 1 aliphatic rings. The van der Waals surface area contributed by atoms with Crippen molar-refractivity contribution in [1.29, 1.82) is 0 Å². The maximum absolute atomic E-state index is 12.3. The quantitative estimate of drug-likeness (QED) is 0.846. The highest BCUT2D eigenvalue weighted by Gasteiger charge is 2.24. The number of carbonyl (C=O) groups is 2. The first-order chi connectivity index (χ1) is 10.9. The Labute approximate surface area is 138 Å². The third kappa shape index (κ3) is 4.03. The molecule has 1 aromatic heterocycles. The Kier molecular flexibility index (Phi) is 5.64. The van der Waals surface area contributed by atoms with Crippen LogP contribution in [0.25, 0.3) is 6.08 Å². The molecule has 0 bridgehead atoms. The molecule has 0 saturated carbocycles. The lowest BCUT2D eigenvalue weighted by Crippen LogP contribution is -2.41. The first kappa shape index (κ1) is 17.3. The van der Waals surface area contributed by atoms with Crippen molar-refractivity contribution in [2.24, 2.45) is 11.7 Å². The molecule has 1 saturated heterocycles. The predicted octanol–water partition coefficient (Wildman–Crippen LogP) is 2.25. The van der Waals surface area contributed by atoms with Crippen molar-refractivity contribution in [1.82, 2.24) is 9.47 Å². The second kappa shape index (κ2) is 7.49. The van der Waals surface area contributed by atoms with Gasteiger partial charge in [0.05, 0.1) is 0 Å². The molecule has 0 aromatic carbocycles. The lowest BCUT2D eigenvalue weighted by atomic mass is 9.96. The van der Waals surface area contributed by atoms with Gasteiger partial charge in [-0.2, -0.15) is 0 Å². The highest BCUT2D eigenvalue weighted by atomic mass is 16.2. The normalized spacial score (nSPS) is 16.2. The molecule has 126 valence electrons. The largest absolute Gasteiger partial charge is 0.369 e. The van der Waals surface area contributed by atoms with Gasteiger partial charge in [0.1, 0.15) is 0 Å². The number of rotatable bonds is 5. The summed E-state index contributed by atoms with van der Waals surface area (Å²) in [7, 11) is 0. The summed E-state index contributed by atoms with van der Waals surface area (Å²) >= 11 is 0. The van der Waals surface area contributed by atoms with E-state index in [1.54, 1.807) is 11.0 Å². The van der Waals surface area contributed by atoms with Crippen LogP contribution in [-0.2, 0) is 16.1 Å². The zero-order chi connectivity index (χ0) is 17.0. The van der Waals surface area contributed by atoms with Crippen molar-refractivity contribution in [2.45, 2.75) is 46.6 Å². The van der Waals surface area contributed by atoms with Crippen LogP contribution in [0.1, 0.15) is 43.1 Å². The summed E-state index contributed by atoms with van der Waals surface area (Å²) in [5.41, 5.74) is 8.83. The minimum absolute atomic E-state index is 0.00761.